The second kappa shape index (κ2) is 20.2. The molecule has 0 radical (unpaired) electrons. The minimum absolute atomic E-state index is 0.0536. The van der Waals surface area contributed by atoms with E-state index in [0.717, 1.165) is 16.1 Å². The van der Waals surface area contributed by atoms with Gasteiger partial charge in [0.05, 0.1) is 34.8 Å². The van der Waals surface area contributed by atoms with Gasteiger partial charge in [-0.05, 0) is 36.8 Å². The molecule has 0 aliphatic rings. The minimum atomic E-state index is 0.0536. The van der Waals surface area contributed by atoms with Crippen LogP contribution in [0.1, 0.15) is 102 Å². The van der Waals surface area contributed by atoms with Crippen molar-refractivity contribution in [1.82, 2.24) is 9.97 Å². The normalized spacial score (nSPS) is 10.1. The first-order valence-electron chi connectivity index (χ1n) is 12.6. The molecule has 36 heavy (non-hydrogen) atoms. The van der Waals surface area contributed by atoms with Crippen molar-refractivity contribution in [2.24, 2.45) is 5.92 Å². The van der Waals surface area contributed by atoms with Gasteiger partial charge in [0.25, 0.3) is 0 Å². The molecule has 4 nitrogen and oxygen atoms in total. The van der Waals surface area contributed by atoms with Crippen LogP contribution in [0.5, 0.6) is 0 Å². The van der Waals surface area contributed by atoms with Crippen LogP contribution in [0.4, 0.5) is 0 Å². The summed E-state index contributed by atoms with van der Waals surface area (Å²) in [5.41, 5.74) is 8.23. The zero-order valence-corrected chi connectivity index (χ0v) is 26.1. The molecule has 0 bridgehead atoms. The molecule has 2 N–H and O–H groups in total. The van der Waals surface area contributed by atoms with Crippen LogP contribution in [0.25, 0.3) is 0 Å². The average Bonchev–Trinajstić information content (AvgIpc) is 3.52. The fraction of sp³-hybridized carbons (Fsp3) is 0.533. The molecule has 0 aliphatic carbocycles. The van der Waals surface area contributed by atoms with Gasteiger partial charge in [-0.25, -0.2) is 4.98 Å². The Labute approximate surface area is 229 Å². The van der Waals surface area contributed by atoms with Crippen LogP contribution in [0.2, 0.25) is 0 Å². The maximum Gasteiger partial charge on any atom is 0.0798 e. The summed E-state index contributed by atoms with van der Waals surface area (Å²) in [5, 5.41) is 17.9. The second-order valence-corrected chi connectivity index (χ2v) is 11.7. The Hall–Kier alpha value is -1.86. The van der Waals surface area contributed by atoms with Gasteiger partial charge in [0.1, 0.15) is 0 Å². The third-order valence-electron chi connectivity index (χ3n) is 4.88. The molecule has 6 heteroatoms. The molecular weight excluding hydrogens is 484 g/mol. The average molecular weight is 535 g/mol. The third kappa shape index (κ3) is 16.0. The highest BCUT2D eigenvalue weighted by Crippen LogP contribution is 2.26. The maximum atomic E-state index is 8.97. The highest BCUT2D eigenvalue weighted by Gasteiger charge is 2.19. The molecule has 2 aromatic heterocycles. The SMILES string of the molecule is C=C(C)C(C)C.CC.CC(C)(C)c1ncsc1CO.CC(C)c1ccccc1CO.Cc1cncs1. The van der Waals surface area contributed by atoms with Crippen molar-refractivity contribution in [2.45, 2.75) is 101 Å². The van der Waals surface area contributed by atoms with E-state index in [2.05, 4.69) is 71.1 Å². The van der Waals surface area contributed by atoms with Crippen molar-refractivity contribution in [3.8, 4) is 0 Å². The fourth-order valence-electron chi connectivity index (χ4n) is 2.52. The Morgan fingerprint density at radius 3 is 1.81 bits per heavy atom. The van der Waals surface area contributed by atoms with E-state index in [0.29, 0.717) is 11.8 Å². The van der Waals surface area contributed by atoms with Gasteiger partial charge >= 0.3 is 0 Å². The zero-order chi connectivity index (χ0) is 28.3. The Morgan fingerprint density at radius 1 is 0.972 bits per heavy atom. The maximum absolute atomic E-state index is 8.97. The van der Waals surface area contributed by atoms with Gasteiger partial charge in [-0.15, -0.1) is 22.7 Å². The van der Waals surface area contributed by atoms with Crippen LogP contribution in [-0.2, 0) is 18.6 Å². The number of hydrogen-bond acceptors (Lipinski definition) is 6. The molecule has 2 heterocycles. The van der Waals surface area contributed by atoms with Crippen molar-refractivity contribution in [3.63, 3.8) is 0 Å². The molecule has 0 atom stereocenters. The van der Waals surface area contributed by atoms with Crippen LogP contribution in [0, 0.1) is 12.8 Å². The van der Waals surface area contributed by atoms with Gasteiger partial charge in [-0.3, -0.25) is 4.98 Å². The molecule has 0 saturated carbocycles. The monoisotopic (exact) mass is 534 g/mol. The van der Waals surface area contributed by atoms with E-state index in [4.69, 9.17) is 10.2 Å². The predicted molar refractivity (Wildman–Crippen MR) is 161 cm³/mol. The lowest BCUT2D eigenvalue weighted by Gasteiger charge is -2.16. The lowest BCUT2D eigenvalue weighted by molar-refractivity contribution is 0.280. The lowest BCUT2D eigenvalue weighted by Crippen LogP contribution is -2.13. The zero-order valence-electron chi connectivity index (χ0n) is 24.4. The molecular formula is C30H50N2O2S2. The number of rotatable bonds is 4. The first kappa shape index (κ1) is 36.3. The molecule has 204 valence electrons. The van der Waals surface area contributed by atoms with Crippen molar-refractivity contribution >= 4 is 22.7 Å². The van der Waals surface area contributed by atoms with E-state index >= 15 is 0 Å². The van der Waals surface area contributed by atoms with Crippen molar-refractivity contribution in [2.75, 3.05) is 0 Å². The topological polar surface area (TPSA) is 66.2 Å². The molecule has 0 saturated heterocycles. The lowest BCUT2D eigenvalue weighted by atomic mass is 9.91. The van der Waals surface area contributed by atoms with Crippen LogP contribution >= 0.6 is 22.7 Å². The molecule has 0 amide bonds. The summed E-state index contributed by atoms with van der Waals surface area (Å²) in [6, 6.07) is 8.00. The van der Waals surface area contributed by atoms with E-state index in [1.165, 1.54) is 27.4 Å². The first-order chi connectivity index (χ1) is 16.8. The Bertz CT molecular complexity index is 925. The van der Waals surface area contributed by atoms with Gasteiger partial charge in [0.2, 0.25) is 0 Å². The number of nitrogens with zero attached hydrogens (tertiary/aromatic N) is 2. The van der Waals surface area contributed by atoms with Gasteiger partial charge in [-0.2, -0.15) is 0 Å². The molecule has 0 spiro atoms. The van der Waals surface area contributed by atoms with Crippen molar-refractivity contribution in [1.29, 1.82) is 0 Å². The number of allylic oxidation sites excluding steroid dienone is 1. The van der Waals surface area contributed by atoms with Gasteiger partial charge in [0, 0.05) is 16.5 Å². The minimum Gasteiger partial charge on any atom is -0.392 e. The van der Waals surface area contributed by atoms with Gasteiger partial charge < -0.3 is 10.2 Å². The van der Waals surface area contributed by atoms with Crippen LogP contribution in [-0.4, -0.2) is 20.2 Å². The summed E-state index contributed by atoms with van der Waals surface area (Å²) >= 11 is 3.18. The Morgan fingerprint density at radius 2 is 1.53 bits per heavy atom. The number of aliphatic hydroxyl groups excluding tert-OH is 2. The van der Waals surface area contributed by atoms with E-state index in [9.17, 15) is 0 Å². The summed E-state index contributed by atoms with van der Waals surface area (Å²) < 4.78 is 0. The fourth-order valence-corrected chi connectivity index (χ4v) is 3.76. The van der Waals surface area contributed by atoms with E-state index < -0.39 is 0 Å². The highest BCUT2D eigenvalue weighted by molar-refractivity contribution is 7.09. The second-order valence-electron chi connectivity index (χ2n) is 9.66. The largest absolute Gasteiger partial charge is 0.392 e. The Balaban J connectivity index is 0. The summed E-state index contributed by atoms with van der Waals surface area (Å²) in [7, 11) is 0. The molecule has 0 aliphatic heterocycles. The molecule has 0 unspecified atom stereocenters. The van der Waals surface area contributed by atoms with E-state index in [1.54, 1.807) is 16.8 Å². The van der Waals surface area contributed by atoms with Crippen molar-refractivity contribution < 1.29 is 10.2 Å². The van der Waals surface area contributed by atoms with Gasteiger partial charge in [0.15, 0.2) is 0 Å². The molecule has 3 aromatic rings. The quantitative estimate of drug-likeness (QED) is 0.328. The molecule has 0 fully saturated rings. The van der Waals surface area contributed by atoms with Crippen LogP contribution in [0.15, 0.2) is 53.6 Å². The summed E-state index contributed by atoms with van der Waals surface area (Å²) in [4.78, 5) is 10.3. The summed E-state index contributed by atoms with van der Waals surface area (Å²) in [6.45, 7) is 26.9. The standard InChI is InChI=1S/C10H14O.C8H13NOS.C6H12.C4H5NS.C2H6/c1-8(2)10-6-4-3-5-9(10)7-11;1-8(2,3)7-6(4-10)11-5-9-7;1-5(2)6(3)4;1-4-2-5-3-6-4;1-2/h3-6,8,11H,7H2,1-2H3;5,10H,4H2,1-3H3;6H,1H2,2-4H3;2-3H,1H3;1-2H3. The number of thiazole rings is 2. The summed E-state index contributed by atoms with van der Waals surface area (Å²) in [6.07, 6.45) is 1.85. The van der Waals surface area contributed by atoms with E-state index in [-0.39, 0.29) is 18.6 Å². The van der Waals surface area contributed by atoms with Gasteiger partial charge in [-0.1, -0.05) is 98.7 Å². The molecule has 3 rings (SSSR count). The first-order valence-corrected chi connectivity index (χ1v) is 14.3. The van der Waals surface area contributed by atoms with Crippen LogP contribution < -0.4 is 0 Å². The number of aliphatic hydroxyl groups is 2. The highest BCUT2D eigenvalue weighted by atomic mass is 32.1. The van der Waals surface area contributed by atoms with Crippen LogP contribution in [0.3, 0.4) is 0 Å². The number of aryl methyl sites for hydroxylation is 1. The number of hydrogen-bond donors (Lipinski definition) is 2. The van der Waals surface area contributed by atoms with E-state index in [1.807, 2.05) is 57.6 Å². The summed E-state index contributed by atoms with van der Waals surface area (Å²) in [5.74, 6) is 1.16. The predicted octanol–water partition coefficient (Wildman–Crippen LogP) is 8.93. The Kier molecular flexibility index (Phi) is 20.4. The smallest absolute Gasteiger partial charge is 0.0798 e. The van der Waals surface area contributed by atoms with Crippen molar-refractivity contribution in [3.05, 3.63) is 80.2 Å². The molecule has 1 aromatic carbocycles. The number of benzene rings is 1. The third-order valence-corrected chi connectivity index (χ3v) is 6.41. The number of aromatic nitrogens is 2.